The summed E-state index contributed by atoms with van der Waals surface area (Å²) in [6, 6.07) is 0. The van der Waals surface area contributed by atoms with Gasteiger partial charge >= 0.3 is 5.97 Å². The Bertz CT molecular complexity index is 503. The average molecular weight is 403 g/mol. The minimum atomic E-state index is -0.988. The van der Waals surface area contributed by atoms with Gasteiger partial charge in [-0.25, -0.2) is 0 Å². The van der Waals surface area contributed by atoms with Gasteiger partial charge in [-0.3, -0.25) is 9.59 Å². The zero-order valence-corrected chi connectivity index (χ0v) is 17.3. The lowest BCUT2D eigenvalue weighted by Gasteiger charge is -2.25. The predicted octanol–water partition coefficient (Wildman–Crippen LogP) is 3.94. The molecule has 5 atom stereocenters. The molecule has 0 heterocycles. The summed E-state index contributed by atoms with van der Waals surface area (Å²) in [7, 11) is 0. The highest BCUT2D eigenvalue weighted by molar-refractivity contribution is 6.17. The van der Waals surface area contributed by atoms with Gasteiger partial charge < -0.3 is 15.3 Å². The molecule has 1 aliphatic rings. The van der Waals surface area contributed by atoms with Crippen LogP contribution in [0.3, 0.4) is 0 Å². The number of alkyl halides is 1. The molecule has 5 nitrogen and oxygen atoms in total. The molecule has 1 saturated carbocycles. The number of hydrogen-bond donors (Lipinski definition) is 3. The maximum Gasteiger partial charge on any atom is 0.303 e. The Morgan fingerprint density at radius 1 is 1.33 bits per heavy atom. The monoisotopic (exact) mass is 402 g/mol. The minimum Gasteiger partial charge on any atom is -0.481 e. The number of aliphatic hydroxyl groups excluding tert-OH is 1. The zero-order valence-electron chi connectivity index (χ0n) is 16.6. The van der Waals surface area contributed by atoms with Crippen LogP contribution in [0.4, 0.5) is 0 Å². The Kier molecular flexibility index (Phi) is 10.6. The van der Waals surface area contributed by atoms with Crippen LogP contribution in [0.15, 0.2) is 12.2 Å². The summed E-state index contributed by atoms with van der Waals surface area (Å²) in [6.45, 7) is 3.79. The van der Waals surface area contributed by atoms with Crippen LogP contribution < -0.4 is 0 Å². The zero-order chi connectivity index (χ0) is 20.4. The first kappa shape index (κ1) is 24.1. The maximum atomic E-state index is 12.2. The predicted molar refractivity (Wildman–Crippen MR) is 107 cm³/mol. The summed E-state index contributed by atoms with van der Waals surface area (Å²) in [5.74, 6) is -0.317. The van der Waals surface area contributed by atoms with Crippen LogP contribution in [-0.4, -0.2) is 44.7 Å². The van der Waals surface area contributed by atoms with Gasteiger partial charge in [0.2, 0.25) is 0 Å². The second-order valence-electron chi connectivity index (χ2n) is 8.27. The molecule has 1 rings (SSSR count). The van der Waals surface area contributed by atoms with E-state index in [2.05, 4.69) is 0 Å². The van der Waals surface area contributed by atoms with Crippen LogP contribution in [0, 0.1) is 17.8 Å². The van der Waals surface area contributed by atoms with Crippen molar-refractivity contribution in [3.63, 3.8) is 0 Å². The lowest BCUT2D eigenvalue weighted by Crippen LogP contribution is -2.26. The van der Waals surface area contributed by atoms with Crippen molar-refractivity contribution in [3.05, 3.63) is 12.2 Å². The van der Waals surface area contributed by atoms with Crippen LogP contribution in [-0.2, 0) is 9.59 Å². The van der Waals surface area contributed by atoms with Crippen molar-refractivity contribution >= 4 is 23.4 Å². The number of carboxylic acids is 1. The van der Waals surface area contributed by atoms with Crippen molar-refractivity contribution in [1.82, 2.24) is 0 Å². The van der Waals surface area contributed by atoms with Gasteiger partial charge in [0.05, 0.1) is 11.7 Å². The normalized spacial score (nSPS) is 26.4. The van der Waals surface area contributed by atoms with E-state index in [1.54, 1.807) is 13.0 Å². The largest absolute Gasteiger partial charge is 0.481 e. The Labute approximate surface area is 167 Å². The highest BCUT2D eigenvalue weighted by atomic mass is 35.5. The van der Waals surface area contributed by atoms with E-state index in [0.717, 1.165) is 25.7 Å². The third-order valence-electron chi connectivity index (χ3n) is 5.43. The molecule has 0 radical (unpaired) electrons. The van der Waals surface area contributed by atoms with Crippen molar-refractivity contribution < 1.29 is 24.9 Å². The molecule has 0 aromatic rings. The summed E-state index contributed by atoms with van der Waals surface area (Å²) < 4.78 is 0. The topological polar surface area (TPSA) is 94.8 Å². The second kappa shape index (κ2) is 11.8. The Morgan fingerprint density at radius 2 is 2.00 bits per heavy atom. The van der Waals surface area contributed by atoms with Crippen LogP contribution >= 0.6 is 11.6 Å². The Morgan fingerprint density at radius 3 is 2.63 bits per heavy atom. The molecule has 156 valence electrons. The first-order valence-electron chi connectivity index (χ1n) is 10.1. The number of halogens is 1. The number of aliphatic carboxylic acids is 1. The molecule has 0 aliphatic heterocycles. The van der Waals surface area contributed by atoms with E-state index in [1.165, 1.54) is 0 Å². The molecule has 0 aromatic carbocycles. The van der Waals surface area contributed by atoms with E-state index >= 15 is 0 Å². The highest BCUT2D eigenvalue weighted by Gasteiger charge is 2.39. The molecule has 0 saturated heterocycles. The van der Waals surface area contributed by atoms with Gasteiger partial charge in [-0.05, 0) is 38.5 Å². The van der Waals surface area contributed by atoms with Gasteiger partial charge in [0.25, 0.3) is 0 Å². The van der Waals surface area contributed by atoms with Gasteiger partial charge in [0.15, 0.2) is 0 Å². The van der Waals surface area contributed by atoms with Gasteiger partial charge in [0, 0.05) is 30.6 Å². The quantitative estimate of drug-likeness (QED) is 0.246. The van der Waals surface area contributed by atoms with Gasteiger partial charge in [0.1, 0.15) is 5.78 Å². The fraction of sp³-hybridized carbons (Fsp3) is 0.810. The average Bonchev–Trinajstić information content (AvgIpc) is 2.81. The Balaban J connectivity index is 2.54. The second-order valence-corrected chi connectivity index (χ2v) is 8.65. The summed E-state index contributed by atoms with van der Waals surface area (Å²) in [5, 5.41) is 29.5. The number of carboxylic acid groups (broad SMARTS) is 1. The summed E-state index contributed by atoms with van der Waals surface area (Å²) in [5.41, 5.74) is -0.988. The number of carbonyl (C=O) groups is 2. The summed E-state index contributed by atoms with van der Waals surface area (Å²) >= 11 is 5.76. The molecule has 0 aromatic heterocycles. The number of unbranched alkanes of at least 4 members (excludes halogenated alkanes) is 3. The fourth-order valence-corrected chi connectivity index (χ4v) is 4.34. The number of hydrogen-bond acceptors (Lipinski definition) is 4. The number of aliphatic hydroxyl groups is 2. The standard InChI is InChI=1S/C21H35ClO5/c1-15(10-12-22)14-21(2,27)11-9-17-16(18(23)13-19(17)24)7-5-3-4-6-8-20(25)26/h9,11,15-17,19,24,27H,3-8,10,12-14H2,1-2H3,(H,25,26)/t15?,16-,17-,19-,21?/m1/s1. The number of carbonyl (C=O) groups excluding carboxylic acids is 1. The van der Waals surface area contributed by atoms with Gasteiger partial charge in [-0.2, -0.15) is 0 Å². The molecule has 3 N–H and O–H groups in total. The molecule has 1 aliphatic carbocycles. The van der Waals surface area contributed by atoms with Crippen LogP contribution in [0.5, 0.6) is 0 Å². The SMILES string of the molecule is CC(CCCl)CC(C)(O)C=C[C@H]1[C@H](O)CC(=O)[C@@H]1CCCCCCC(=O)O. The van der Waals surface area contributed by atoms with Crippen molar-refractivity contribution in [2.24, 2.45) is 17.8 Å². The molecule has 6 heteroatoms. The number of ketones is 1. The molecular formula is C21H35ClO5. The highest BCUT2D eigenvalue weighted by Crippen LogP contribution is 2.35. The lowest BCUT2D eigenvalue weighted by molar-refractivity contribution is -0.137. The molecule has 2 unspecified atom stereocenters. The Hall–Kier alpha value is -0.910. The van der Waals surface area contributed by atoms with E-state index in [1.807, 2.05) is 13.0 Å². The van der Waals surface area contributed by atoms with Crippen molar-refractivity contribution in [2.75, 3.05) is 5.88 Å². The number of rotatable bonds is 13. The van der Waals surface area contributed by atoms with E-state index in [9.17, 15) is 19.8 Å². The number of Topliss-reactive ketones (excluding diaryl/α,β-unsaturated/α-hetero) is 1. The maximum absolute atomic E-state index is 12.2. The van der Waals surface area contributed by atoms with Crippen molar-refractivity contribution in [2.45, 2.75) is 83.3 Å². The first-order valence-corrected chi connectivity index (χ1v) is 10.6. The molecule has 0 spiro atoms. The van der Waals surface area contributed by atoms with E-state index in [-0.39, 0.29) is 30.5 Å². The minimum absolute atomic E-state index is 0.0813. The van der Waals surface area contributed by atoms with Gasteiger partial charge in [-0.1, -0.05) is 38.3 Å². The van der Waals surface area contributed by atoms with Crippen molar-refractivity contribution in [1.29, 1.82) is 0 Å². The summed E-state index contributed by atoms with van der Waals surface area (Å²) in [4.78, 5) is 22.8. The van der Waals surface area contributed by atoms with E-state index in [4.69, 9.17) is 16.7 Å². The van der Waals surface area contributed by atoms with E-state index < -0.39 is 17.7 Å². The first-order chi connectivity index (χ1) is 12.7. The smallest absolute Gasteiger partial charge is 0.303 e. The van der Waals surface area contributed by atoms with Crippen molar-refractivity contribution in [3.8, 4) is 0 Å². The van der Waals surface area contributed by atoms with Crippen LogP contribution in [0.2, 0.25) is 0 Å². The van der Waals surface area contributed by atoms with Crippen LogP contribution in [0.25, 0.3) is 0 Å². The van der Waals surface area contributed by atoms with E-state index in [0.29, 0.717) is 31.1 Å². The fourth-order valence-electron chi connectivity index (χ4n) is 3.97. The van der Waals surface area contributed by atoms with Gasteiger partial charge in [-0.15, -0.1) is 11.6 Å². The third kappa shape index (κ3) is 9.22. The molecule has 27 heavy (non-hydrogen) atoms. The van der Waals surface area contributed by atoms with Crippen LogP contribution in [0.1, 0.15) is 71.6 Å². The molecule has 1 fully saturated rings. The molecule has 0 amide bonds. The molecular weight excluding hydrogens is 368 g/mol. The third-order valence-corrected chi connectivity index (χ3v) is 5.65. The molecule has 0 bridgehead atoms. The summed E-state index contributed by atoms with van der Waals surface area (Å²) in [6.07, 6.45) is 8.54. The lowest BCUT2D eigenvalue weighted by atomic mass is 9.86.